The fourth-order valence-electron chi connectivity index (χ4n) is 1.76. The first-order valence-electron chi connectivity index (χ1n) is 5.24. The topological polar surface area (TPSA) is 50.9 Å². The van der Waals surface area contributed by atoms with Crippen molar-refractivity contribution in [2.24, 2.45) is 7.05 Å². The van der Waals surface area contributed by atoms with E-state index in [2.05, 4.69) is 10.2 Å². The smallest absolute Gasteiger partial charge is 0.164 e. The van der Waals surface area contributed by atoms with E-state index >= 15 is 0 Å². The highest BCUT2D eigenvalue weighted by atomic mass is 16.3. The summed E-state index contributed by atoms with van der Waals surface area (Å²) in [6.45, 7) is 3.72. The number of aryl methyl sites for hydroxylation is 1. The maximum atomic E-state index is 9.51. The van der Waals surface area contributed by atoms with Gasteiger partial charge in [-0.1, -0.05) is 24.3 Å². The third-order valence-corrected chi connectivity index (χ3v) is 2.67. The molecule has 0 radical (unpaired) electrons. The first-order valence-corrected chi connectivity index (χ1v) is 5.24. The maximum Gasteiger partial charge on any atom is 0.164 e. The Hall–Kier alpha value is -1.68. The van der Waals surface area contributed by atoms with Crippen LogP contribution in [0, 0.1) is 6.92 Å². The van der Waals surface area contributed by atoms with Crippen molar-refractivity contribution in [2.75, 3.05) is 0 Å². The number of aliphatic hydroxyl groups excluding tert-OH is 1. The molecule has 1 aromatic carbocycles. The van der Waals surface area contributed by atoms with E-state index in [1.165, 1.54) is 0 Å². The lowest BCUT2D eigenvalue weighted by Crippen LogP contribution is -2.03. The Morgan fingerprint density at radius 2 is 1.94 bits per heavy atom. The Kier molecular flexibility index (Phi) is 2.75. The zero-order chi connectivity index (χ0) is 11.7. The van der Waals surface area contributed by atoms with Crippen LogP contribution in [0.4, 0.5) is 0 Å². The number of benzene rings is 1. The summed E-state index contributed by atoms with van der Waals surface area (Å²) in [5.41, 5.74) is 2.19. The molecule has 0 aliphatic heterocycles. The van der Waals surface area contributed by atoms with E-state index < -0.39 is 6.10 Å². The van der Waals surface area contributed by atoms with E-state index in [0.717, 1.165) is 17.0 Å². The minimum absolute atomic E-state index is 0.582. The predicted molar refractivity (Wildman–Crippen MR) is 61.8 cm³/mol. The van der Waals surface area contributed by atoms with Gasteiger partial charge >= 0.3 is 0 Å². The van der Waals surface area contributed by atoms with Gasteiger partial charge in [0, 0.05) is 12.6 Å². The summed E-state index contributed by atoms with van der Waals surface area (Å²) in [4.78, 5) is 0. The monoisotopic (exact) mass is 217 g/mol. The van der Waals surface area contributed by atoms with Crippen molar-refractivity contribution in [3.05, 3.63) is 35.7 Å². The highest BCUT2D eigenvalue weighted by molar-refractivity contribution is 5.60. The molecule has 2 aromatic rings. The molecule has 0 fully saturated rings. The van der Waals surface area contributed by atoms with Gasteiger partial charge in [0.25, 0.3) is 0 Å². The molecule has 4 heteroatoms. The van der Waals surface area contributed by atoms with Gasteiger partial charge in [0.15, 0.2) is 11.6 Å². The van der Waals surface area contributed by atoms with Crippen molar-refractivity contribution in [1.29, 1.82) is 0 Å². The molecular weight excluding hydrogens is 202 g/mol. The van der Waals surface area contributed by atoms with Crippen LogP contribution in [0.3, 0.4) is 0 Å². The van der Waals surface area contributed by atoms with Crippen LogP contribution in [-0.2, 0) is 7.05 Å². The van der Waals surface area contributed by atoms with Gasteiger partial charge in [0.05, 0.1) is 0 Å². The van der Waals surface area contributed by atoms with Gasteiger partial charge in [-0.2, -0.15) is 0 Å². The molecule has 2 rings (SSSR count). The molecule has 0 spiro atoms. The summed E-state index contributed by atoms with van der Waals surface area (Å²) in [6.07, 6.45) is -0.602. The standard InChI is InChI=1S/C12H15N3O/c1-8-6-4-5-7-10(8)12-14-13-11(9(2)16)15(12)3/h4-7,9,16H,1-3H3/t9-/m0/s1. The Morgan fingerprint density at radius 1 is 1.25 bits per heavy atom. The molecule has 1 heterocycles. The maximum absolute atomic E-state index is 9.51. The second kappa shape index (κ2) is 4.06. The molecule has 4 nitrogen and oxygen atoms in total. The minimum Gasteiger partial charge on any atom is -0.385 e. The highest BCUT2D eigenvalue weighted by Crippen LogP contribution is 2.22. The number of hydrogen-bond donors (Lipinski definition) is 1. The first-order chi connectivity index (χ1) is 7.61. The lowest BCUT2D eigenvalue weighted by atomic mass is 10.1. The van der Waals surface area contributed by atoms with Crippen molar-refractivity contribution in [3.63, 3.8) is 0 Å². The average Bonchev–Trinajstić information content (AvgIpc) is 2.61. The summed E-state index contributed by atoms with van der Waals surface area (Å²) >= 11 is 0. The summed E-state index contributed by atoms with van der Waals surface area (Å²) in [6, 6.07) is 8.00. The third kappa shape index (κ3) is 1.72. The minimum atomic E-state index is -0.602. The van der Waals surface area contributed by atoms with Crippen LogP contribution in [0.25, 0.3) is 11.4 Å². The van der Waals surface area contributed by atoms with Crippen molar-refractivity contribution in [3.8, 4) is 11.4 Å². The Morgan fingerprint density at radius 3 is 2.50 bits per heavy atom. The van der Waals surface area contributed by atoms with Gasteiger partial charge in [0.1, 0.15) is 6.10 Å². The zero-order valence-electron chi connectivity index (χ0n) is 9.68. The van der Waals surface area contributed by atoms with Crippen molar-refractivity contribution < 1.29 is 5.11 Å². The zero-order valence-corrected chi connectivity index (χ0v) is 9.68. The van der Waals surface area contributed by atoms with Crippen LogP contribution in [0.15, 0.2) is 24.3 Å². The van der Waals surface area contributed by atoms with Gasteiger partial charge in [-0.25, -0.2) is 0 Å². The normalized spacial score (nSPS) is 12.8. The Bertz CT molecular complexity index is 503. The average molecular weight is 217 g/mol. The highest BCUT2D eigenvalue weighted by Gasteiger charge is 2.14. The molecule has 0 saturated heterocycles. The summed E-state index contributed by atoms with van der Waals surface area (Å²) in [5, 5.41) is 17.6. The number of rotatable bonds is 2. The van der Waals surface area contributed by atoms with E-state index in [9.17, 15) is 5.11 Å². The summed E-state index contributed by atoms with van der Waals surface area (Å²) in [7, 11) is 1.86. The molecule has 0 amide bonds. The van der Waals surface area contributed by atoms with Crippen LogP contribution >= 0.6 is 0 Å². The number of nitrogens with zero attached hydrogens (tertiary/aromatic N) is 3. The fourth-order valence-corrected chi connectivity index (χ4v) is 1.76. The molecule has 1 atom stereocenters. The Labute approximate surface area is 94.6 Å². The van der Waals surface area contributed by atoms with Gasteiger partial charge in [-0.15, -0.1) is 10.2 Å². The van der Waals surface area contributed by atoms with Gasteiger partial charge < -0.3 is 9.67 Å². The van der Waals surface area contributed by atoms with E-state index in [-0.39, 0.29) is 0 Å². The lowest BCUT2D eigenvalue weighted by molar-refractivity contribution is 0.185. The SMILES string of the molecule is Cc1ccccc1-c1nnc([C@H](C)O)n1C. The summed E-state index contributed by atoms with van der Waals surface area (Å²) < 4.78 is 1.83. The second-order valence-electron chi connectivity index (χ2n) is 3.93. The van der Waals surface area contributed by atoms with Crippen LogP contribution in [0.2, 0.25) is 0 Å². The van der Waals surface area contributed by atoms with Crippen LogP contribution < -0.4 is 0 Å². The summed E-state index contributed by atoms with van der Waals surface area (Å²) in [5.74, 6) is 1.37. The Balaban J connectivity index is 2.54. The van der Waals surface area contributed by atoms with Crippen molar-refractivity contribution >= 4 is 0 Å². The van der Waals surface area contributed by atoms with Crippen LogP contribution in [0.5, 0.6) is 0 Å². The number of hydrogen-bond acceptors (Lipinski definition) is 3. The first kappa shape index (κ1) is 10.8. The molecule has 0 aliphatic rings. The van der Waals surface area contributed by atoms with Crippen molar-refractivity contribution in [1.82, 2.24) is 14.8 Å². The number of aliphatic hydroxyl groups is 1. The van der Waals surface area contributed by atoms with E-state index in [1.807, 2.05) is 42.8 Å². The second-order valence-corrected chi connectivity index (χ2v) is 3.93. The molecule has 16 heavy (non-hydrogen) atoms. The van der Waals surface area contributed by atoms with E-state index in [1.54, 1.807) is 6.92 Å². The van der Waals surface area contributed by atoms with Crippen molar-refractivity contribution in [2.45, 2.75) is 20.0 Å². The number of aromatic nitrogens is 3. The van der Waals surface area contributed by atoms with E-state index in [0.29, 0.717) is 5.82 Å². The predicted octanol–water partition coefficient (Wildman–Crippen LogP) is 1.84. The quantitative estimate of drug-likeness (QED) is 0.835. The van der Waals surface area contributed by atoms with Gasteiger partial charge in [-0.3, -0.25) is 0 Å². The molecule has 0 aliphatic carbocycles. The lowest BCUT2D eigenvalue weighted by Gasteiger charge is -2.07. The van der Waals surface area contributed by atoms with E-state index in [4.69, 9.17) is 0 Å². The van der Waals surface area contributed by atoms with Crippen LogP contribution in [0.1, 0.15) is 24.4 Å². The third-order valence-electron chi connectivity index (χ3n) is 2.67. The largest absolute Gasteiger partial charge is 0.385 e. The molecule has 1 N–H and O–H groups in total. The molecule has 0 unspecified atom stereocenters. The molecule has 0 bridgehead atoms. The van der Waals surface area contributed by atoms with Gasteiger partial charge in [0.2, 0.25) is 0 Å². The molecule has 84 valence electrons. The molecule has 1 aromatic heterocycles. The van der Waals surface area contributed by atoms with Crippen LogP contribution in [-0.4, -0.2) is 19.9 Å². The fraction of sp³-hybridized carbons (Fsp3) is 0.333. The van der Waals surface area contributed by atoms with Gasteiger partial charge in [-0.05, 0) is 19.4 Å². The molecule has 0 saturated carbocycles. The molecular formula is C12H15N3O.